The highest BCUT2D eigenvalue weighted by molar-refractivity contribution is 5.91. The van der Waals surface area contributed by atoms with Crippen molar-refractivity contribution in [3.8, 4) is 0 Å². The van der Waals surface area contributed by atoms with Crippen LogP contribution in [-0.4, -0.2) is 41.6 Å². The number of alkyl carbamates (subject to hydrolysis) is 1. The number of nitrogens with one attached hydrogen (secondary N) is 1. The first-order valence-corrected chi connectivity index (χ1v) is 10.2. The highest BCUT2D eigenvalue weighted by atomic mass is 16.6. The number of rotatable bonds is 8. The van der Waals surface area contributed by atoms with Crippen molar-refractivity contribution in [1.82, 2.24) is 10.2 Å². The van der Waals surface area contributed by atoms with Gasteiger partial charge in [-0.3, -0.25) is 4.79 Å². The van der Waals surface area contributed by atoms with Crippen molar-refractivity contribution in [3.05, 3.63) is 71.3 Å². The number of esters is 1. The molecule has 0 saturated carbocycles. The smallest absolute Gasteiger partial charge is 0.407 e. The minimum Gasteiger partial charge on any atom is -0.452 e. The highest BCUT2D eigenvalue weighted by Crippen LogP contribution is 2.10. The molecular weight excluding hydrogens is 396 g/mol. The monoisotopic (exact) mass is 426 g/mol. The summed E-state index contributed by atoms with van der Waals surface area (Å²) in [6.07, 6.45) is -0.509. The fourth-order valence-corrected chi connectivity index (χ4v) is 2.73. The largest absolute Gasteiger partial charge is 0.452 e. The summed E-state index contributed by atoms with van der Waals surface area (Å²) in [6, 6.07) is 16.3. The van der Waals surface area contributed by atoms with Gasteiger partial charge in [0.2, 0.25) is 0 Å². The van der Waals surface area contributed by atoms with Crippen LogP contribution in [0.1, 0.15) is 49.2 Å². The topological polar surface area (TPSA) is 84.9 Å². The van der Waals surface area contributed by atoms with Gasteiger partial charge in [0.15, 0.2) is 6.61 Å². The van der Waals surface area contributed by atoms with Gasteiger partial charge < -0.3 is 19.7 Å². The Morgan fingerprint density at radius 1 is 0.935 bits per heavy atom. The molecule has 0 unspecified atom stereocenters. The number of amides is 2. The van der Waals surface area contributed by atoms with Gasteiger partial charge in [-0.05, 0) is 51.0 Å². The Hall–Kier alpha value is -3.35. The van der Waals surface area contributed by atoms with E-state index in [1.807, 2.05) is 37.3 Å². The van der Waals surface area contributed by atoms with E-state index in [0.717, 1.165) is 11.1 Å². The molecular formula is C24H30N2O5. The molecule has 0 spiro atoms. The normalized spacial score (nSPS) is 10.8. The lowest BCUT2D eigenvalue weighted by Gasteiger charge is -2.21. The zero-order chi connectivity index (χ0) is 22.9. The Bertz CT molecular complexity index is 873. The van der Waals surface area contributed by atoms with Gasteiger partial charge in [0.05, 0.1) is 5.56 Å². The van der Waals surface area contributed by atoms with E-state index in [4.69, 9.17) is 9.47 Å². The molecule has 31 heavy (non-hydrogen) atoms. The van der Waals surface area contributed by atoms with Crippen LogP contribution in [0.15, 0.2) is 54.6 Å². The van der Waals surface area contributed by atoms with Crippen molar-refractivity contribution in [2.24, 2.45) is 0 Å². The van der Waals surface area contributed by atoms with Gasteiger partial charge in [-0.15, -0.1) is 0 Å². The van der Waals surface area contributed by atoms with Crippen molar-refractivity contribution >= 4 is 18.0 Å². The van der Waals surface area contributed by atoms with Crippen LogP contribution in [0.4, 0.5) is 4.79 Å². The van der Waals surface area contributed by atoms with Crippen molar-refractivity contribution in [3.63, 3.8) is 0 Å². The molecule has 7 heteroatoms. The van der Waals surface area contributed by atoms with Crippen molar-refractivity contribution < 1.29 is 23.9 Å². The standard InChI is InChI=1S/C24H30N2O5/c1-5-26(16-19-9-7-6-8-10-19)21(27)17-30-22(28)20-13-11-18(12-14-20)15-25-23(29)31-24(2,3)4/h6-14H,5,15-17H2,1-4H3,(H,25,29). The molecule has 7 nitrogen and oxygen atoms in total. The van der Waals surface area contributed by atoms with Gasteiger partial charge in [-0.2, -0.15) is 0 Å². The van der Waals surface area contributed by atoms with Crippen LogP contribution < -0.4 is 5.32 Å². The molecule has 0 aliphatic carbocycles. The summed E-state index contributed by atoms with van der Waals surface area (Å²) in [5.74, 6) is -0.825. The molecule has 0 bridgehead atoms. The molecule has 0 atom stereocenters. The maximum absolute atomic E-state index is 12.4. The first-order valence-electron chi connectivity index (χ1n) is 10.2. The van der Waals surface area contributed by atoms with E-state index in [1.165, 1.54) is 0 Å². The zero-order valence-corrected chi connectivity index (χ0v) is 18.5. The van der Waals surface area contributed by atoms with E-state index in [-0.39, 0.29) is 19.1 Å². The van der Waals surface area contributed by atoms with E-state index in [1.54, 1.807) is 49.9 Å². The van der Waals surface area contributed by atoms with Gasteiger partial charge in [0.25, 0.3) is 5.91 Å². The molecule has 2 aromatic carbocycles. The molecule has 166 valence electrons. The van der Waals surface area contributed by atoms with Crippen molar-refractivity contribution in [2.75, 3.05) is 13.2 Å². The van der Waals surface area contributed by atoms with E-state index in [0.29, 0.717) is 18.7 Å². The number of carbonyl (C=O) groups is 3. The second kappa shape index (κ2) is 11.2. The molecule has 1 N–H and O–H groups in total. The van der Waals surface area contributed by atoms with Crippen molar-refractivity contribution in [2.45, 2.75) is 46.4 Å². The SMILES string of the molecule is CCN(Cc1ccccc1)C(=O)COC(=O)c1ccc(CNC(=O)OC(C)(C)C)cc1. The Morgan fingerprint density at radius 2 is 1.58 bits per heavy atom. The minimum absolute atomic E-state index is 0.252. The van der Waals surface area contributed by atoms with Gasteiger partial charge >= 0.3 is 12.1 Å². The molecule has 0 aromatic heterocycles. The summed E-state index contributed by atoms with van der Waals surface area (Å²) in [5.41, 5.74) is 1.59. The number of nitrogens with zero attached hydrogens (tertiary/aromatic N) is 1. The second-order valence-corrected chi connectivity index (χ2v) is 8.02. The summed E-state index contributed by atoms with van der Waals surface area (Å²) in [4.78, 5) is 38.0. The number of likely N-dealkylation sites (N-methyl/N-ethyl adjacent to an activating group) is 1. The predicted molar refractivity (Wildman–Crippen MR) is 117 cm³/mol. The Balaban J connectivity index is 1.82. The Kier molecular flexibility index (Phi) is 8.61. The summed E-state index contributed by atoms with van der Waals surface area (Å²) in [5, 5.41) is 2.66. The third-order valence-electron chi connectivity index (χ3n) is 4.30. The number of hydrogen-bond donors (Lipinski definition) is 1. The van der Waals surface area contributed by atoms with Gasteiger partial charge in [-0.25, -0.2) is 9.59 Å². The van der Waals surface area contributed by atoms with E-state index in [9.17, 15) is 14.4 Å². The van der Waals surface area contributed by atoms with Crippen LogP contribution in [0.2, 0.25) is 0 Å². The van der Waals surface area contributed by atoms with Gasteiger partial charge in [0.1, 0.15) is 5.60 Å². The van der Waals surface area contributed by atoms with Crippen LogP contribution in [0.5, 0.6) is 0 Å². The first kappa shape index (κ1) is 23.9. The van der Waals surface area contributed by atoms with Crippen LogP contribution in [-0.2, 0) is 27.4 Å². The average Bonchev–Trinajstić information content (AvgIpc) is 2.74. The summed E-state index contributed by atoms with van der Waals surface area (Å²) >= 11 is 0. The average molecular weight is 427 g/mol. The lowest BCUT2D eigenvalue weighted by atomic mass is 10.1. The zero-order valence-electron chi connectivity index (χ0n) is 18.5. The van der Waals surface area contributed by atoms with Gasteiger partial charge in [0, 0.05) is 19.6 Å². The number of carbonyl (C=O) groups excluding carboxylic acids is 3. The summed E-state index contributed by atoms with van der Waals surface area (Å²) < 4.78 is 10.4. The van der Waals surface area contributed by atoms with Gasteiger partial charge in [-0.1, -0.05) is 42.5 Å². The minimum atomic E-state index is -0.573. The summed E-state index contributed by atoms with van der Waals surface area (Å²) in [7, 11) is 0. The Labute approximate surface area is 183 Å². The highest BCUT2D eigenvalue weighted by Gasteiger charge is 2.17. The number of hydrogen-bond acceptors (Lipinski definition) is 5. The lowest BCUT2D eigenvalue weighted by Crippen LogP contribution is -2.34. The molecule has 0 radical (unpaired) electrons. The molecule has 0 fully saturated rings. The van der Waals surface area contributed by atoms with Crippen LogP contribution in [0, 0.1) is 0 Å². The van der Waals surface area contributed by atoms with E-state index < -0.39 is 17.7 Å². The van der Waals surface area contributed by atoms with Crippen LogP contribution in [0.3, 0.4) is 0 Å². The fourth-order valence-electron chi connectivity index (χ4n) is 2.73. The third-order valence-corrected chi connectivity index (χ3v) is 4.30. The van der Waals surface area contributed by atoms with Crippen molar-refractivity contribution in [1.29, 1.82) is 0 Å². The maximum atomic E-state index is 12.4. The summed E-state index contributed by atoms with van der Waals surface area (Å²) in [6.45, 7) is 8.19. The molecule has 2 amide bonds. The Morgan fingerprint density at radius 3 is 2.16 bits per heavy atom. The van der Waals surface area contributed by atoms with E-state index in [2.05, 4.69) is 5.32 Å². The number of benzene rings is 2. The number of ether oxygens (including phenoxy) is 2. The second-order valence-electron chi connectivity index (χ2n) is 8.02. The lowest BCUT2D eigenvalue weighted by molar-refractivity contribution is -0.134. The predicted octanol–water partition coefficient (Wildman–Crippen LogP) is 3.92. The molecule has 0 aliphatic heterocycles. The van der Waals surface area contributed by atoms with E-state index >= 15 is 0 Å². The molecule has 0 heterocycles. The molecule has 0 aliphatic rings. The molecule has 2 aromatic rings. The first-order chi connectivity index (χ1) is 14.7. The molecule has 2 rings (SSSR count). The van der Waals surface area contributed by atoms with Crippen LogP contribution >= 0.6 is 0 Å². The van der Waals surface area contributed by atoms with Crippen LogP contribution in [0.25, 0.3) is 0 Å². The fraction of sp³-hybridized carbons (Fsp3) is 0.375. The molecule has 0 saturated heterocycles. The maximum Gasteiger partial charge on any atom is 0.407 e. The third kappa shape index (κ3) is 8.50. The quantitative estimate of drug-likeness (QED) is 0.647.